The minimum absolute atomic E-state index is 0.0369. The molecule has 1 unspecified atom stereocenters. The number of Topliss-reactive ketones (excluding diaryl/α,β-unsaturated/α-hetero) is 1. The lowest BCUT2D eigenvalue weighted by Crippen LogP contribution is -2.31. The second-order valence-corrected chi connectivity index (χ2v) is 8.07. The molecule has 154 valence electrons. The Morgan fingerprint density at radius 3 is 2.69 bits per heavy atom. The third kappa shape index (κ3) is 4.03. The van der Waals surface area contributed by atoms with Gasteiger partial charge < -0.3 is 19.5 Å². The Kier molecular flexibility index (Phi) is 6.62. The maximum absolute atomic E-state index is 12.9. The predicted molar refractivity (Wildman–Crippen MR) is 113 cm³/mol. The molecule has 0 saturated carbocycles. The lowest BCUT2D eigenvalue weighted by atomic mass is 9.98. The summed E-state index contributed by atoms with van der Waals surface area (Å²) in [6.07, 6.45) is 0.574. The average molecular weight is 436 g/mol. The highest BCUT2D eigenvalue weighted by molar-refractivity contribution is 7.10. The molecule has 0 radical (unpaired) electrons. The van der Waals surface area contributed by atoms with E-state index in [-0.39, 0.29) is 22.6 Å². The number of halogens is 1. The number of ketones is 1. The van der Waals surface area contributed by atoms with Gasteiger partial charge in [-0.2, -0.15) is 0 Å². The van der Waals surface area contributed by atoms with Crippen molar-refractivity contribution in [2.75, 3.05) is 27.4 Å². The summed E-state index contributed by atoms with van der Waals surface area (Å²) in [6.45, 7) is 2.62. The molecule has 1 atom stereocenters. The van der Waals surface area contributed by atoms with Gasteiger partial charge in [0, 0.05) is 25.1 Å². The number of aliphatic hydroxyl groups is 1. The van der Waals surface area contributed by atoms with Crippen molar-refractivity contribution in [2.45, 2.75) is 19.4 Å². The summed E-state index contributed by atoms with van der Waals surface area (Å²) in [5, 5.41) is 13.3. The molecular weight excluding hydrogens is 414 g/mol. The van der Waals surface area contributed by atoms with E-state index in [1.807, 2.05) is 24.4 Å². The molecule has 1 saturated heterocycles. The van der Waals surface area contributed by atoms with E-state index < -0.39 is 17.7 Å². The van der Waals surface area contributed by atoms with Gasteiger partial charge in [-0.25, -0.2) is 0 Å². The maximum atomic E-state index is 12.9. The number of hydrogen-bond acceptors (Lipinski definition) is 6. The molecule has 2 heterocycles. The number of benzene rings is 1. The molecule has 1 N–H and O–H groups in total. The smallest absolute Gasteiger partial charge is 0.295 e. The van der Waals surface area contributed by atoms with Crippen LogP contribution in [0.5, 0.6) is 5.75 Å². The molecule has 1 aromatic carbocycles. The van der Waals surface area contributed by atoms with E-state index in [1.54, 1.807) is 19.2 Å². The predicted octanol–water partition coefficient (Wildman–Crippen LogP) is 4.18. The first kappa shape index (κ1) is 21.4. The van der Waals surface area contributed by atoms with Crippen LogP contribution in [0.15, 0.2) is 35.2 Å². The fraction of sp³-hybridized carbons (Fsp3) is 0.333. The minimum Gasteiger partial charge on any atom is -0.507 e. The van der Waals surface area contributed by atoms with Crippen LogP contribution in [0.3, 0.4) is 0 Å². The van der Waals surface area contributed by atoms with Crippen molar-refractivity contribution in [3.05, 3.63) is 56.2 Å². The first-order chi connectivity index (χ1) is 13.9. The number of amides is 1. The van der Waals surface area contributed by atoms with Crippen molar-refractivity contribution in [1.29, 1.82) is 0 Å². The second-order valence-electron chi connectivity index (χ2n) is 6.68. The summed E-state index contributed by atoms with van der Waals surface area (Å²) in [6, 6.07) is 6.41. The van der Waals surface area contributed by atoms with E-state index in [0.29, 0.717) is 24.6 Å². The van der Waals surface area contributed by atoms with Crippen LogP contribution in [-0.4, -0.2) is 49.1 Å². The zero-order chi connectivity index (χ0) is 21.1. The van der Waals surface area contributed by atoms with Crippen LogP contribution >= 0.6 is 22.9 Å². The molecule has 0 aliphatic carbocycles. The Labute approximate surface area is 178 Å². The molecule has 8 heteroatoms. The van der Waals surface area contributed by atoms with Crippen molar-refractivity contribution in [1.82, 2.24) is 4.90 Å². The first-order valence-corrected chi connectivity index (χ1v) is 10.3. The number of likely N-dealkylation sites (tertiary alicyclic amines) is 1. The molecule has 3 rings (SSSR count). The zero-order valence-corrected chi connectivity index (χ0v) is 18.0. The quantitative estimate of drug-likeness (QED) is 0.305. The van der Waals surface area contributed by atoms with E-state index >= 15 is 0 Å². The molecular formula is C21H22ClNO5S. The zero-order valence-electron chi connectivity index (χ0n) is 16.4. The van der Waals surface area contributed by atoms with Crippen molar-refractivity contribution in [3.63, 3.8) is 0 Å². The van der Waals surface area contributed by atoms with E-state index in [4.69, 9.17) is 21.1 Å². The number of rotatable bonds is 7. The van der Waals surface area contributed by atoms with Gasteiger partial charge in [-0.05, 0) is 42.5 Å². The Bertz CT molecular complexity index is 954. The number of thiophene rings is 1. The number of aliphatic hydroxyl groups excluding tert-OH is 1. The van der Waals surface area contributed by atoms with Gasteiger partial charge in [0.15, 0.2) is 0 Å². The summed E-state index contributed by atoms with van der Waals surface area (Å²) >= 11 is 7.69. The molecule has 1 aliphatic rings. The standard InChI is InChI=1S/C21H22ClNO5S/c1-12-10-13(20(28-3)14(22)11-12)18(24)16-17(15-6-4-9-29-15)23(7-5-8-27-2)21(26)19(16)25/h4,6,9-11,17,24H,5,7-8H2,1-3H3/b18-16-. The molecule has 2 aromatic rings. The molecule has 29 heavy (non-hydrogen) atoms. The highest BCUT2D eigenvalue weighted by Gasteiger charge is 2.46. The summed E-state index contributed by atoms with van der Waals surface area (Å²) in [7, 11) is 3.02. The molecule has 1 amide bonds. The van der Waals surface area contributed by atoms with Gasteiger partial charge >= 0.3 is 0 Å². The van der Waals surface area contributed by atoms with Crippen molar-refractivity contribution in [3.8, 4) is 5.75 Å². The third-order valence-corrected chi connectivity index (χ3v) is 5.95. The number of aryl methyl sites for hydroxylation is 1. The highest BCUT2D eigenvalue weighted by Crippen LogP contribution is 2.43. The fourth-order valence-corrected chi connectivity index (χ4v) is 4.69. The first-order valence-electron chi connectivity index (χ1n) is 9.06. The summed E-state index contributed by atoms with van der Waals surface area (Å²) < 4.78 is 10.4. The number of carbonyl (C=O) groups is 2. The SMILES string of the molecule is COCCCN1C(=O)C(=O)/C(=C(\O)c2cc(C)cc(Cl)c2OC)C1c1cccs1. The Morgan fingerprint density at radius 1 is 1.31 bits per heavy atom. The number of carbonyl (C=O) groups excluding carboxylic acids is 2. The van der Waals surface area contributed by atoms with E-state index in [1.165, 1.54) is 23.3 Å². The summed E-state index contributed by atoms with van der Waals surface area (Å²) in [5.41, 5.74) is 1.11. The largest absolute Gasteiger partial charge is 0.507 e. The van der Waals surface area contributed by atoms with Gasteiger partial charge in [-0.3, -0.25) is 9.59 Å². The molecule has 1 fully saturated rings. The number of hydrogen-bond donors (Lipinski definition) is 1. The Hall–Kier alpha value is -2.35. The van der Waals surface area contributed by atoms with Gasteiger partial charge in [0.05, 0.1) is 29.3 Å². The van der Waals surface area contributed by atoms with Gasteiger partial charge in [0.25, 0.3) is 11.7 Å². The van der Waals surface area contributed by atoms with Crippen molar-refractivity contribution >= 4 is 40.4 Å². The molecule has 0 spiro atoms. The number of methoxy groups -OCH3 is 2. The summed E-state index contributed by atoms with van der Waals surface area (Å²) in [5.74, 6) is -1.40. The monoisotopic (exact) mass is 435 g/mol. The molecule has 1 aliphatic heterocycles. The van der Waals surface area contributed by atoms with Crippen LogP contribution in [0.4, 0.5) is 0 Å². The van der Waals surface area contributed by atoms with Crippen LogP contribution in [-0.2, 0) is 14.3 Å². The van der Waals surface area contributed by atoms with Crippen LogP contribution in [0.25, 0.3) is 5.76 Å². The van der Waals surface area contributed by atoms with Crippen LogP contribution in [0.2, 0.25) is 5.02 Å². The fourth-order valence-electron chi connectivity index (χ4n) is 3.49. The van der Waals surface area contributed by atoms with Crippen LogP contribution in [0.1, 0.15) is 28.5 Å². The van der Waals surface area contributed by atoms with Crippen LogP contribution in [0, 0.1) is 6.92 Å². The van der Waals surface area contributed by atoms with E-state index in [9.17, 15) is 14.7 Å². The third-order valence-electron chi connectivity index (χ3n) is 4.75. The second kappa shape index (κ2) is 8.98. The van der Waals surface area contributed by atoms with Crippen LogP contribution < -0.4 is 4.74 Å². The lowest BCUT2D eigenvalue weighted by molar-refractivity contribution is -0.140. The van der Waals surface area contributed by atoms with Crippen molar-refractivity contribution in [2.24, 2.45) is 0 Å². The maximum Gasteiger partial charge on any atom is 0.295 e. The average Bonchev–Trinajstić information content (AvgIpc) is 3.29. The van der Waals surface area contributed by atoms with Gasteiger partial charge in [-0.15, -0.1) is 11.3 Å². The highest BCUT2D eigenvalue weighted by atomic mass is 35.5. The molecule has 1 aromatic heterocycles. The van der Waals surface area contributed by atoms with E-state index in [2.05, 4.69) is 0 Å². The number of nitrogens with zero attached hydrogens (tertiary/aromatic N) is 1. The van der Waals surface area contributed by atoms with Gasteiger partial charge in [0.1, 0.15) is 11.5 Å². The molecule has 0 bridgehead atoms. The normalized spacial score (nSPS) is 18.5. The van der Waals surface area contributed by atoms with Crippen molar-refractivity contribution < 1.29 is 24.2 Å². The Morgan fingerprint density at radius 2 is 2.07 bits per heavy atom. The minimum atomic E-state index is -0.724. The van der Waals surface area contributed by atoms with Gasteiger partial charge in [-0.1, -0.05) is 17.7 Å². The summed E-state index contributed by atoms with van der Waals surface area (Å²) in [4.78, 5) is 28.0. The van der Waals surface area contributed by atoms with E-state index in [0.717, 1.165) is 10.4 Å². The Balaban J connectivity index is 2.17. The topological polar surface area (TPSA) is 76.1 Å². The lowest BCUT2D eigenvalue weighted by Gasteiger charge is -2.24. The van der Waals surface area contributed by atoms with Gasteiger partial charge in [0.2, 0.25) is 0 Å². The molecule has 6 nitrogen and oxygen atoms in total. The number of ether oxygens (including phenoxy) is 2.